The van der Waals surface area contributed by atoms with Crippen LogP contribution < -0.4 is 4.74 Å². The van der Waals surface area contributed by atoms with Gasteiger partial charge in [-0.3, -0.25) is 9.59 Å². The quantitative estimate of drug-likeness (QED) is 0.473. The molecule has 4 aliphatic carbocycles. The van der Waals surface area contributed by atoms with E-state index >= 15 is 4.39 Å². The standard InChI is InChI=1S/C32H36FNO5S/c1-18-13-24-23-10-7-20-14-21(35)11-12-29(20,2)31(23,33)27(37)16-30(24,3)32(18,38)26-17-40-28(34-26)15-25(36)19-5-8-22(39-4)9-6-19/h5-6,8-9,11-12,14,17-18,23-24,27,37-38H,7,10,13,15-16H2,1-4H3/t18-,23+,24+,27+,29+,30+,31+,32+/m1/s1. The van der Waals surface area contributed by atoms with Crippen LogP contribution in [0.4, 0.5) is 4.39 Å². The van der Waals surface area contributed by atoms with Crippen molar-refractivity contribution in [2.45, 2.75) is 70.2 Å². The Kier molecular flexibility index (Phi) is 6.30. The molecule has 8 heteroatoms. The van der Waals surface area contributed by atoms with Gasteiger partial charge in [-0.2, -0.15) is 0 Å². The minimum absolute atomic E-state index is 0.0762. The topological polar surface area (TPSA) is 96.7 Å². The monoisotopic (exact) mass is 565 g/mol. The first-order valence-electron chi connectivity index (χ1n) is 14.0. The summed E-state index contributed by atoms with van der Waals surface area (Å²) in [6.45, 7) is 5.75. The summed E-state index contributed by atoms with van der Waals surface area (Å²) < 4.78 is 22.6. The molecular formula is C32H36FNO5S. The summed E-state index contributed by atoms with van der Waals surface area (Å²) >= 11 is 1.34. The van der Waals surface area contributed by atoms with E-state index in [0.717, 1.165) is 5.57 Å². The van der Waals surface area contributed by atoms with Crippen LogP contribution in [0.2, 0.25) is 0 Å². The minimum Gasteiger partial charge on any atom is -0.497 e. The first-order chi connectivity index (χ1) is 18.9. The smallest absolute Gasteiger partial charge is 0.178 e. The van der Waals surface area contributed by atoms with Crippen molar-refractivity contribution >= 4 is 22.9 Å². The Bertz CT molecular complexity index is 1430. The van der Waals surface area contributed by atoms with Crippen molar-refractivity contribution < 1.29 is 28.9 Å². The van der Waals surface area contributed by atoms with E-state index in [4.69, 9.17) is 9.72 Å². The summed E-state index contributed by atoms with van der Waals surface area (Å²) in [5.41, 5.74) is -3.41. The summed E-state index contributed by atoms with van der Waals surface area (Å²) in [7, 11) is 1.57. The molecular weight excluding hydrogens is 529 g/mol. The zero-order valence-electron chi connectivity index (χ0n) is 23.3. The number of fused-ring (bicyclic) bond motifs is 5. The fourth-order valence-corrected chi connectivity index (χ4v) is 9.52. The average Bonchev–Trinajstić information content (AvgIpc) is 3.47. The van der Waals surface area contributed by atoms with Crippen LogP contribution in [0, 0.1) is 28.6 Å². The Balaban J connectivity index is 1.31. The van der Waals surface area contributed by atoms with Crippen LogP contribution in [0.15, 0.2) is 53.4 Å². The number of ether oxygens (including phenoxy) is 1. The molecule has 6 nitrogen and oxygen atoms in total. The summed E-state index contributed by atoms with van der Waals surface area (Å²) in [6.07, 6.45) is 5.18. The molecule has 3 fully saturated rings. The number of hydrogen-bond donors (Lipinski definition) is 2. The number of aromatic nitrogens is 1. The Morgan fingerprint density at radius 1 is 1.23 bits per heavy atom. The van der Waals surface area contributed by atoms with Gasteiger partial charge in [0.05, 0.1) is 25.3 Å². The van der Waals surface area contributed by atoms with Gasteiger partial charge >= 0.3 is 0 Å². The van der Waals surface area contributed by atoms with E-state index in [9.17, 15) is 19.8 Å². The summed E-state index contributed by atoms with van der Waals surface area (Å²) in [5, 5.41) is 26.5. The second-order valence-electron chi connectivity index (χ2n) is 12.6. The van der Waals surface area contributed by atoms with Gasteiger partial charge in [-0.15, -0.1) is 11.3 Å². The van der Waals surface area contributed by atoms with Gasteiger partial charge in [0.2, 0.25) is 0 Å². The molecule has 0 radical (unpaired) electrons. The van der Waals surface area contributed by atoms with E-state index < -0.39 is 34.1 Å². The molecule has 0 spiro atoms. The molecule has 0 bridgehead atoms. The van der Waals surface area contributed by atoms with Gasteiger partial charge in [0, 0.05) is 27.7 Å². The molecule has 0 aliphatic heterocycles. The first-order valence-corrected chi connectivity index (χ1v) is 14.9. The third-order valence-electron chi connectivity index (χ3n) is 10.9. The van der Waals surface area contributed by atoms with E-state index in [0.29, 0.717) is 41.3 Å². The second-order valence-corrected chi connectivity index (χ2v) is 13.6. The van der Waals surface area contributed by atoms with Gasteiger partial charge in [-0.1, -0.05) is 25.5 Å². The van der Waals surface area contributed by atoms with Gasteiger partial charge in [0.25, 0.3) is 0 Å². The summed E-state index contributed by atoms with van der Waals surface area (Å²) in [6, 6.07) is 6.94. The lowest BCUT2D eigenvalue weighted by atomic mass is 9.44. The maximum atomic E-state index is 17.4. The van der Waals surface area contributed by atoms with Crippen molar-refractivity contribution in [3.05, 3.63) is 69.7 Å². The molecule has 2 aromatic rings. The number of carbonyl (C=O) groups excluding carboxylic acids is 2. The highest BCUT2D eigenvalue weighted by atomic mass is 32.1. The van der Waals surface area contributed by atoms with Crippen molar-refractivity contribution in [3.63, 3.8) is 0 Å². The normalized spacial score (nSPS) is 40.2. The fraction of sp³-hybridized carbons (Fsp3) is 0.531. The van der Waals surface area contributed by atoms with Crippen LogP contribution in [0.1, 0.15) is 67.5 Å². The highest BCUT2D eigenvalue weighted by Crippen LogP contribution is 2.72. The Morgan fingerprint density at radius 3 is 2.65 bits per heavy atom. The SMILES string of the molecule is COc1ccc(C(=O)Cc2nc([C@@]3(O)[C@H](C)C[C@H]4[C@@H]5CCC6=CC(=O)C=C[C@]6(C)[C@@]5(F)[C@@H](O)C[C@@]43C)cs2)cc1. The lowest BCUT2D eigenvalue weighted by molar-refractivity contribution is -0.223. The number of aliphatic hydroxyl groups excluding tert-OH is 1. The molecule has 40 heavy (non-hydrogen) atoms. The van der Waals surface area contributed by atoms with Crippen LogP contribution in [0.25, 0.3) is 0 Å². The van der Waals surface area contributed by atoms with Crippen LogP contribution in [-0.4, -0.2) is 45.6 Å². The van der Waals surface area contributed by atoms with E-state index in [-0.39, 0.29) is 36.2 Å². The minimum atomic E-state index is -1.94. The molecule has 0 saturated heterocycles. The molecule has 212 valence electrons. The van der Waals surface area contributed by atoms with Gasteiger partial charge in [0.1, 0.15) is 16.4 Å². The number of carbonyl (C=O) groups is 2. The number of methoxy groups -OCH3 is 1. The van der Waals surface area contributed by atoms with Crippen molar-refractivity contribution in [1.29, 1.82) is 0 Å². The van der Waals surface area contributed by atoms with E-state index in [1.165, 1.54) is 23.5 Å². The zero-order chi connectivity index (χ0) is 28.7. The predicted molar refractivity (Wildman–Crippen MR) is 150 cm³/mol. The number of alkyl halides is 1. The van der Waals surface area contributed by atoms with E-state index in [2.05, 4.69) is 0 Å². The number of aliphatic hydroxyl groups is 2. The molecule has 1 aromatic heterocycles. The molecule has 6 rings (SSSR count). The number of benzene rings is 1. The maximum absolute atomic E-state index is 17.4. The molecule has 4 aliphatic rings. The summed E-state index contributed by atoms with van der Waals surface area (Å²) in [5.74, 6) is -0.431. The molecule has 2 N–H and O–H groups in total. The van der Waals surface area contributed by atoms with Gasteiger partial charge in [0.15, 0.2) is 17.2 Å². The van der Waals surface area contributed by atoms with Crippen molar-refractivity contribution in [2.75, 3.05) is 7.11 Å². The van der Waals surface area contributed by atoms with Crippen LogP contribution in [-0.2, 0) is 16.8 Å². The number of thiazole rings is 1. The Hall–Kier alpha value is -2.68. The van der Waals surface area contributed by atoms with Gasteiger partial charge in [-0.05, 0) is 80.9 Å². The lowest BCUT2D eigenvalue weighted by Gasteiger charge is -2.62. The number of rotatable bonds is 5. The number of hydrogen-bond acceptors (Lipinski definition) is 7. The molecule has 0 unspecified atom stereocenters. The molecule has 8 atom stereocenters. The number of halogens is 1. The Morgan fingerprint density at radius 2 is 1.95 bits per heavy atom. The average molecular weight is 566 g/mol. The van der Waals surface area contributed by atoms with Gasteiger partial charge in [-0.25, -0.2) is 9.37 Å². The number of ketones is 2. The summed E-state index contributed by atoms with van der Waals surface area (Å²) in [4.78, 5) is 29.8. The van der Waals surface area contributed by atoms with Gasteiger partial charge < -0.3 is 14.9 Å². The number of Topliss-reactive ketones (excluding diaryl/α,β-unsaturated/α-hetero) is 1. The molecule has 3 saturated carbocycles. The number of nitrogens with zero attached hydrogens (tertiary/aromatic N) is 1. The first kappa shape index (κ1) is 27.5. The third kappa shape index (κ3) is 3.55. The maximum Gasteiger partial charge on any atom is 0.178 e. The highest BCUT2D eigenvalue weighted by molar-refractivity contribution is 7.09. The zero-order valence-corrected chi connectivity index (χ0v) is 24.1. The van der Waals surface area contributed by atoms with Crippen molar-refractivity contribution in [1.82, 2.24) is 4.98 Å². The van der Waals surface area contributed by atoms with Crippen LogP contribution in [0.3, 0.4) is 0 Å². The van der Waals surface area contributed by atoms with Crippen molar-refractivity contribution in [3.8, 4) is 5.75 Å². The largest absolute Gasteiger partial charge is 0.497 e. The van der Waals surface area contributed by atoms with Crippen LogP contribution in [0.5, 0.6) is 5.75 Å². The predicted octanol–water partition coefficient (Wildman–Crippen LogP) is 5.38. The number of allylic oxidation sites excluding steroid dienone is 4. The van der Waals surface area contributed by atoms with Crippen molar-refractivity contribution in [2.24, 2.45) is 28.6 Å². The molecule has 1 aromatic carbocycles. The Labute approximate surface area is 238 Å². The molecule has 0 amide bonds. The van der Waals surface area contributed by atoms with E-state index in [1.54, 1.807) is 44.4 Å². The van der Waals surface area contributed by atoms with E-state index in [1.807, 2.05) is 19.2 Å². The lowest BCUT2D eigenvalue weighted by Crippen LogP contribution is -2.68. The molecule has 1 heterocycles. The second kappa shape index (κ2) is 9.16. The highest BCUT2D eigenvalue weighted by Gasteiger charge is 2.74. The fourth-order valence-electron chi connectivity index (χ4n) is 8.68. The van der Waals surface area contributed by atoms with Crippen LogP contribution >= 0.6 is 11.3 Å². The third-order valence-corrected chi connectivity index (χ3v) is 11.7.